The highest BCUT2D eigenvalue weighted by molar-refractivity contribution is 6.32. The van der Waals surface area contributed by atoms with E-state index in [0.29, 0.717) is 38.9 Å². The van der Waals surface area contributed by atoms with E-state index in [9.17, 15) is 14.7 Å². The van der Waals surface area contributed by atoms with Crippen LogP contribution in [0, 0.1) is 23.7 Å². The number of nitrogens with zero attached hydrogens (tertiary/aromatic N) is 5. The average Bonchev–Trinajstić information content (AvgIpc) is 3.64. The zero-order valence-electron chi connectivity index (χ0n) is 32.5. The molecule has 4 aliphatic rings. The minimum Gasteiger partial charge on any atom is -0.504 e. The summed E-state index contributed by atoms with van der Waals surface area (Å²) in [5.41, 5.74) is 3.65. The molecule has 2 heterocycles. The van der Waals surface area contributed by atoms with E-state index < -0.39 is 46.8 Å². The van der Waals surface area contributed by atoms with Gasteiger partial charge in [0, 0.05) is 30.7 Å². The Labute approximate surface area is 346 Å². The third kappa shape index (κ3) is 6.02. The topological polar surface area (TPSA) is 132 Å². The number of allylic oxidation sites excluding steroid dienone is 2. The Bertz CT molecular complexity index is 2580. The summed E-state index contributed by atoms with van der Waals surface area (Å²) in [6.07, 6.45) is 2.41. The maximum Gasteiger partial charge on any atom is 0.246 e. The van der Waals surface area contributed by atoms with Gasteiger partial charge in [0.1, 0.15) is 0 Å². The molecule has 5 aromatic carbocycles. The van der Waals surface area contributed by atoms with E-state index in [1.54, 1.807) is 60.7 Å². The van der Waals surface area contributed by atoms with Crippen molar-refractivity contribution in [3.05, 3.63) is 149 Å². The van der Waals surface area contributed by atoms with Gasteiger partial charge in [-0.3, -0.25) is 24.1 Å². The number of halogens is 1. The van der Waals surface area contributed by atoms with E-state index in [1.165, 1.54) is 23.0 Å². The van der Waals surface area contributed by atoms with Crippen LogP contribution in [0.3, 0.4) is 0 Å². The van der Waals surface area contributed by atoms with Crippen molar-refractivity contribution in [2.45, 2.75) is 24.2 Å². The molecule has 9 rings (SSSR count). The number of rotatable bonds is 8. The maximum atomic E-state index is 15.4. The van der Waals surface area contributed by atoms with Crippen LogP contribution in [0.2, 0.25) is 5.02 Å². The van der Waals surface area contributed by atoms with Gasteiger partial charge in [-0.15, -0.1) is 0 Å². The molecule has 0 bridgehead atoms. The van der Waals surface area contributed by atoms with Crippen molar-refractivity contribution in [3.63, 3.8) is 0 Å². The molecule has 0 aromatic heterocycles. The van der Waals surface area contributed by atoms with Crippen LogP contribution in [-0.2, 0) is 24.6 Å². The number of imide groups is 2. The number of benzene rings is 5. The number of fused-ring (bicyclic) bond motifs is 4. The minimum absolute atomic E-state index is 0.0839. The highest BCUT2D eigenvalue weighted by atomic mass is 35.5. The molecule has 0 spiro atoms. The number of hydrogen-bond donors (Lipinski definition) is 1. The first-order chi connectivity index (χ1) is 28.5. The molecular formula is C47H40ClN5O6. The van der Waals surface area contributed by atoms with E-state index in [-0.39, 0.29) is 36.2 Å². The minimum atomic E-state index is -1.46. The van der Waals surface area contributed by atoms with Crippen LogP contribution in [-0.4, -0.2) is 49.9 Å². The normalized spacial score (nSPS) is 24.9. The molecule has 2 aliphatic carbocycles. The van der Waals surface area contributed by atoms with Crippen molar-refractivity contribution in [2.75, 3.05) is 35.9 Å². The second kappa shape index (κ2) is 14.7. The molecule has 12 heteroatoms. The lowest BCUT2D eigenvalue weighted by Gasteiger charge is -2.50. The zero-order chi connectivity index (χ0) is 41.2. The van der Waals surface area contributed by atoms with E-state index in [2.05, 4.69) is 10.2 Å². The van der Waals surface area contributed by atoms with Crippen molar-refractivity contribution in [1.82, 2.24) is 0 Å². The lowest BCUT2D eigenvalue weighted by molar-refractivity contribution is -0.127. The Morgan fingerprint density at radius 2 is 1.44 bits per heavy atom. The Hall–Kier alpha value is -6.59. The highest BCUT2D eigenvalue weighted by Crippen LogP contribution is 2.65. The number of amides is 4. The standard InChI is InChI=1S/C47H40ClN5O6/c1-51(2)32-17-13-30(14-18-32)49-50-31-15-19-33(20-16-31)52-43(55)36-22-21-35-37(41(36)45(52)57)26-38-44(56)53(34-11-7-10-29(48)25-34)46(58)47(38,28-8-5-4-6-9-28)42(35)27-12-23-39(54)40(24-27)59-3/h4-21,23-25,36-38,41-42,54H,22,26H2,1-3H3/t36-,37+,38-,41-,42-,47+/m0/s1. The van der Waals surface area contributed by atoms with Gasteiger partial charge in [-0.05, 0) is 109 Å². The molecule has 296 valence electrons. The Morgan fingerprint density at radius 1 is 0.746 bits per heavy atom. The summed E-state index contributed by atoms with van der Waals surface area (Å²) >= 11 is 6.43. The lowest BCUT2D eigenvalue weighted by atomic mass is 9.49. The Kier molecular flexibility index (Phi) is 9.43. The van der Waals surface area contributed by atoms with Crippen LogP contribution >= 0.6 is 11.6 Å². The fourth-order valence-electron chi connectivity index (χ4n) is 9.85. The van der Waals surface area contributed by atoms with Gasteiger partial charge in [0.25, 0.3) is 0 Å². The van der Waals surface area contributed by atoms with Crippen molar-refractivity contribution in [3.8, 4) is 11.5 Å². The summed E-state index contributed by atoms with van der Waals surface area (Å²) in [7, 11) is 5.38. The van der Waals surface area contributed by atoms with Gasteiger partial charge in [0.2, 0.25) is 23.6 Å². The number of carbonyl (C=O) groups excluding carboxylic acids is 4. The number of phenolic OH excluding ortho intramolecular Hbond substituents is 1. The van der Waals surface area contributed by atoms with Crippen LogP contribution in [0.5, 0.6) is 11.5 Å². The zero-order valence-corrected chi connectivity index (χ0v) is 33.3. The number of aromatic hydroxyl groups is 1. The summed E-state index contributed by atoms with van der Waals surface area (Å²) < 4.78 is 5.57. The first-order valence-corrected chi connectivity index (χ1v) is 19.8. The highest BCUT2D eigenvalue weighted by Gasteiger charge is 2.70. The average molecular weight is 806 g/mol. The van der Waals surface area contributed by atoms with Crippen LogP contribution < -0.4 is 19.4 Å². The number of hydrogen-bond acceptors (Lipinski definition) is 9. The fourth-order valence-corrected chi connectivity index (χ4v) is 10.0. The van der Waals surface area contributed by atoms with Gasteiger partial charge >= 0.3 is 0 Å². The molecule has 1 saturated carbocycles. The third-order valence-corrected chi connectivity index (χ3v) is 12.7. The third-order valence-electron chi connectivity index (χ3n) is 12.5. The van der Waals surface area contributed by atoms with Crippen LogP contribution in [0.1, 0.15) is 29.9 Å². The summed E-state index contributed by atoms with van der Waals surface area (Å²) in [5, 5.41) is 19.8. The fraction of sp³-hybridized carbons (Fsp3) is 0.234. The molecule has 1 N–H and O–H groups in total. The summed E-state index contributed by atoms with van der Waals surface area (Å²) in [4.78, 5) is 64.0. The van der Waals surface area contributed by atoms with Gasteiger partial charge in [0.05, 0.1) is 53.0 Å². The van der Waals surface area contributed by atoms with Crippen molar-refractivity contribution < 1.29 is 29.0 Å². The molecule has 3 fully saturated rings. The number of ether oxygens (including phenoxy) is 1. The maximum absolute atomic E-state index is 15.4. The van der Waals surface area contributed by atoms with Gasteiger partial charge in [0.15, 0.2) is 11.5 Å². The lowest BCUT2D eigenvalue weighted by Crippen LogP contribution is -2.53. The second-order valence-electron chi connectivity index (χ2n) is 15.7. The van der Waals surface area contributed by atoms with E-state index >= 15 is 9.59 Å². The Balaban J connectivity index is 1.12. The van der Waals surface area contributed by atoms with Crippen LogP contribution in [0.25, 0.3) is 0 Å². The molecule has 0 unspecified atom stereocenters. The molecule has 11 nitrogen and oxygen atoms in total. The number of phenols is 1. The van der Waals surface area contributed by atoms with Crippen LogP contribution in [0.4, 0.5) is 28.4 Å². The van der Waals surface area contributed by atoms with Gasteiger partial charge < -0.3 is 14.7 Å². The number of azo groups is 1. The van der Waals surface area contributed by atoms with E-state index in [1.807, 2.05) is 79.7 Å². The molecule has 5 aromatic rings. The van der Waals surface area contributed by atoms with E-state index in [0.717, 1.165) is 11.3 Å². The predicted molar refractivity (Wildman–Crippen MR) is 225 cm³/mol. The largest absolute Gasteiger partial charge is 0.504 e. The summed E-state index contributed by atoms with van der Waals surface area (Å²) in [5.74, 6) is -5.11. The molecular weight excluding hydrogens is 766 g/mol. The molecule has 2 saturated heterocycles. The number of carbonyl (C=O) groups is 4. The van der Waals surface area contributed by atoms with Crippen LogP contribution in [0.15, 0.2) is 143 Å². The van der Waals surface area contributed by atoms with Crippen molar-refractivity contribution in [1.29, 1.82) is 0 Å². The first kappa shape index (κ1) is 38.0. The van der Waals surface area contributed by atoms with Crippen molar-refractivity contribution >= 4 is 63.7 Å². The van der Waals surface area contributed by atoms with Gasteiger partial charge in [-0.2, -0.15) is 10.2 Å². The molecule has 0 radical (unpaired) electrons. The SMILES string of the molecule is COc1cc([C@H]2C3=CC[C@@H]4C(=O)N(c5ccc(N=Nc6ccc(N(C)C)cc6)cc5)C(=O)[C@@H]4[C@@H]3C[C@H]3C(=O)N(c4cccc(Cl)c4)C(=O)[C@@]23c2ccccc2)ccc1O. The van der Waals surface area contributed by atoms with Gasteiger partial charge in [-0.1, -0.05) is 65.7 Å². The molecule has 4 amide bonds. The van der Waals surface area contributed by atoms with Crippen molar-refractivity contribution in [2.24, 2.45) is 33.9 Å². The molecule has 59 heavy (non-hydrogen) atoms. The predicted octanol–water partition coefficient (Wildman–Crippen LogP) is 8.90. The first-order valence-electron chi connectivity index (χ1n) is 19.5. The van der Waals surface area contributed by atoms with Gasteiger partial charge in [-0.25, -0.2) is 4.90 Å². The number of methoxy groups -OCH3 is 1. The summed E-state index contributed by atoms with van der Waals surface area (Å²) in [6, 6.07) is 35.4. The molecule has 6 atom stereocenters. The Morgan fingerprint density at radius 3 is 2.10 bits per heavy atom. The smallest absolute Gasteiger partial charge is 0.246 e. The second-order valence-corrected chi connectivity index (χ2v) is 16.1. The van der Waals surface area contributed by atoms with E-state index in [4.69, 9.17) is 16.3 Å². The quantitative estimate of drug-likeness (QED) is 0.0941. The monoisotopic (exact) mass is 805 g/mol. The summed E-state index contributed by atoms with van der Waals surface area (Å²) in [6.45, 7) is 0. The number of anilines is 3. The molecule has 2 aliphatic heterocycles.